The molecule has 0 bridgehead atoms. The molecule has 2 radical (unpaired) electrons. The van der Waals surface area contributed by atoms with E-state index in [2.05, 4.69) is 149 Å². The Morgan fingerprint density at radius 3 is 0.600 bits per heavy atom. The fourth-order valence-electron chi connectivity index (χ4n) is 4.35. The molecule has 0 aliphatic rings. The van der Waals surface area contributed by atoms with Gasteiger partial charge in [0.05, 0.1) is 0 Å². The van der Waals surface area contributed by atoms with Crippen molar-refractivity contribution in [1.29, 1.82) is 0 Å². The Hall–Kier alpha value is -0.787. The van der Waals surface area contributed by atoms with E-state index in [0.29, 0.717) is 0 Å². The van der Waals surface area contributed by atoms with Gasteiger partial charge in [0.1, 0.15) is 0 Å². The predicted molar refractivity (Wildman–Crippen MR) is 170 cm³/mol. The Balaban J connectivity index is 0. The zero-order valence-corrected chi connectivity index (χ0v) is 33.2. The third-order valence-corrected chi connectivity index (χ3v) is 7.14. The fraction of sp³-hybridized carbons (Fsp3) is 0.667. The molecule has 0 unspecified atom stereocenters. The smallest absolute Gasteiger partial charge is 1.00 e. The van der Waals surface area contributed by atoms with Crippen LogP contribution in [0.15, 0.2) is 24.3 Å². The van der Waals surface area contributed by atoms with Crippen molar-refractivity contribution >= 4 is 26.2 Å². The van der Waals surface area contributed by atoms with Gasteiger partial charge in [-0.05, 0) is 65.9 Å². The molecule has 0 N–H and O–H groups in total. The molecule has 2 rings (SSSR count). The van der Waals surface area contributed by atoms with Gasteiger partial charge in [-0.25, -0.2) is 0 Å². The van der Waals surface area contributed by atoms with Crippen LogP contribution in [0.3, 0.4) is 0 Å². The van der Waals surface area contributed by atoms with Crippen molar-refractivity contribution in [3.8, 4) is 11.5 Å². The summed E-state index contributed by atoms with van der Waals surface area (Å²) in [5.41, 5.74) is 5.92. The molecule has 0 aromatic heterocycles. The van der Waals surface area contributed by atoms with Crippen LogP contribution in [0.1, 0.15) is 158 Å². The molecule has 0 fully saturated rings. The van der Waals surface area contributed by atoms with Crippen LogP contribution in [0.5, 0.6) is 11.5 Å². The van der Waals surface area contributed by atoms with E-state index < -0.39 is 0 Å². The van der Waals surface area contributed by atoms with Gasteiger partial charge < -0.3 is 22.6 Å². The maximum atomic E-state index is 12.7. The van der Waals surface area contributed by atoms with Gasteiger partial charge >= 0.3 is 26.2 Å². The summed E-state index contributed by atoms with van der Waals surface area (Å²) in [6.07, 6.45) is 0. The van der Waals surface area contributed by atoms with Crippen LogP contribution in [0.4, 0.5) is 0 Å². The number of hydrogen-bond acceptors (Lipinski definition) is 2. The maximum absolute atomic E-state index is 12.7. The van der Waals surface area contributed by atoms with Gasteiger partial charge in [0.25, 0.3) is 0 Å². The molecule has 0 saturated carbocycles. The second-order valence-electron chi connectivity index (χ2n) is 17.3. The summed E-state index contributed by atoms with van der Waals surface area (Å²) in [6, 6.07) is 8.43. The molecule has 0 saturated heterocycles. The predicted octanol–water partition coefficient (Wildman–Crippen LogP) is 5.93. The van der Waals surface area contributed by atoms with Crippen molar-refractivity contribution in [2.45, 2.75) is 157 Å². The second-order valence-corrected chi connectivity index (χ2v) is 17.3. The minimum Gasteiger partial charge on any atom is -1.00 e. The molecule has 0 atom stereocenters. The topological polar surface area (TPSA) is 46.1 Å². The average molecular weight is 767 g/mol. The normalized spacial score (nSPS) is 13.1. The van der Waals surface area contributed by atoms with Gasteiger partial charge in [-0.1, -0.05) is 149 Å². The SMILES string of the molecule is CC(C)(C)c1cc(C(C)(C)C)c([O-])c(C(C)(C)C)c1.CC(C)(C)c1cc(C(C)(C)C)c([O-])c(C(C)(C)C)c1.[Bi+3].[Cl-]. The van der Waals surface area contributed by atoms with Crippen LogP contribution in [-0.4, -0.2) is 26.2 Å². The Kier molecular flexibility index (Phi) is 13.7. The third-order valence-electron chi connectivity index (χ3n) is 7.14. The standard InChI is InChI=1S/2C18H30O.Bi.ClH/c2*1-16(2,3)12-10-13(17(4,5)6)15(19)14(11-12)18(7,8)9;;/h2*10-11,19H,1-9H3;;1H/q;;+3;/p-3. The molecule has 2 nitrogen and oxygen atoms in total. The number of rotatable bonds is 0. The van der Waals surface area contributed by atoms with E-state index in [1.165, 1.54) is 11.1 Å². The van der Waals surface area contributed by atoms with Crippen molar-refractivity contribution in [3.05, 3.63) is 57.6 Å². The molecule has 226 valence electrons. The Morgan fingerprint density at radius 2 is 0.500 bits per heavy atom. The van der Waals surface area contributed by atoms with Crippen molar-refractivity contribution in [2.24, 2.45) is 0 Å². The van der Waals surface area contributed by atoms with Crippen LogP contribution in [0.2, 0.25) is 0 Å². The summed E-state index contributed by atoms with van der Waals surface area (Å²) < 4.78 is 0. The fourth-order valence-corrected chi connectivity index (χ4v) is 4.35. The van der Waals surface area contributed by atoms with E-state index in [-0.39, 0.29) is 82.6 Å². The number of benzene rings is 2. The zero-order valence-electron chi connectivity index (χ0n) is 29.0. The van der Waals surface area contributed by atoms with Crippen molar-refractivity contribution in [3.63, 3.8) is 0 Å². The molecule has 0 aliphatic heterocycles. The average Bonchev–Trinajstić information content (AvgIpc) is 2.63. The Labute approximate surface area is 273 Å². The first-order valence-corrected chi connectivity index (χ1v) is 14.2. The largest absolute Gasteiger partial charge is 3.00 e. The van der Waals surface area contributed by atoms with Crippen LogP contribution in [-0.2, 0) is 32.5 Å². The maximum Gasteiger partial charge on any atom is 3.00 e. The monoisotopic (exact) mass is 766 g/mol. The van der Waals surface area contributed by atoms with Gasteiger partial charge in [-0.3, -0.25) is 0 Å². The van der Waals surface area contributed by atoms with Crippen LogP contribution >= 0.6 is 0 Å². The summed E-state index contributed by atoms with van der Waals surface area (Å²) in [7, 11) is 0. The van der Waals surface area contributed by atoms with Gasteiger partial charge in [0.2, 0.25) is 0 Å². The first-order valence-electron chi connectivity index (χ1n) is 14.2. The second kappa shape index (κ2) is 13.2. The quantitative estimate of drug-likeness (QED) is 0.313. The molecule has 0 aliphatic carbocycles. The number of hydrogen-bond donors (Lipinski definition) is 0. The van der Waals surface area contributed by atoms with E-state index in [1.807, 2.05) is 0 Å². The summed E-state index contributed by atoms with van der Waals surface area (Å²) in [5, 5.41) is 25.5. The van der Waals surface area contributed by atoms with Crippen molar-refractivity contribution < 1.29 is 22.6 Å². The Bertz CT molecular complexity index is 959. The Morgan fingerprint density at radius 1 is 0.350 bits per heavy atom. The van der Waals surface area contributed by atoms with E-state index >= 15 is 0 Å². The van der Waals surface area contributed by atoms with E-state index in [0.717, 1.165) is 22.3 Å². The van der Waals surface area contributed by atoms with E-state index in [4.69, 9.17) is 0 Å². The van der Waals surface area contributed by atoms with E-state index in [9.17, 15) is 10.2 Å². The molecule has 4 heteroatoms. The van der Waals surface area contributed by atoms with Gasteiger partial charge in [-0.15, -0.1) is 11.5 Å². The minimum atomic E-state index is -0.113. The molecular weight excluding hydrogens is 709 g/mol. The third kappa shape index (κ3) is 10.8. The van der Waals surface area contributed by atoms with Crippen LogP contribution in [0.25, 0.3) is 0 Å². The molecular formula is C36H58BiClO2. The molecule has 2 aromatic carbocycles. The molecule has 0 heterocycles. The molecule has 0 spiro atoms. The van der Waals surface area contributed by atoms with Crippen molar-refractivity contribution in [2.75, 3.05) is 0 Å². The first-order chi connectivity index (χ1) is 16.5. The first kappa shape index (κ1) is 41.3. The van der Waals surface area contributed by atoms with Gasteiger partial charge in [0, 0.05) is 0 Å². The van der Waals surface area contributed by atoms with Gasteiger partial charge in [-0.2, -0.15) is 0 Å². The van der Waals surface area contributed by atoms with Crippen LogP contribution in [0, 0.1) is 0 Å². The van der Waals surface area contributed by atoms with Crippen LogP contribution < -0.4 is 22.6 Å². The summed E-state index contributed by atoms with van der Waals surface area (Å²) in [5.74, 6) is 0.431. The number of halogens is 1. The van der Waals surface area contributed by atoms with Crippen molar-refractivity contribution in [1.82, 2.24) is 0 Å². The summed E-state index contributed by atoms with van der Waals surface area (Å²) in [4.78, 5) is 0. The summed E-state index contributed by atoms with van der Waals surface area (Å²) >= 11 is 0. The van der Waals surface area contributed by atoms with E-state index in [1.54, 1.807) is 0 Å². The zero-order chi connectivity index (χ0) is 30.4. The molecule has 0 amide bonds. The minimum absolute atomic E-state index is 0. The summed E-state index contributed by atoms with van der Waals surface area (Å²) in [6.45, 7) is 38.6. The van der Waals surface area contributed by atoms with Gasteiger partial charge in [0.15, 0.2) is 0 Å². The molecule has 40 heavy (non-hydrogen) atoms. The molecule has 2 aromatic rings.